The maximum Gasteiger partial charge on any atom is 0.233 e. The standard InChI is InChI=1S/C20H18BrClN2O3/c21-14-4-1-9(7-15(14)22)23-16(25)5-6-24-19(26)17-10-2-3-11(13-8-12(10)13)18(17)20(24)27/h1-4,7,10-13,17-18H,5-6,8H2,(H,23,25)/t10-,11-,12-,13-,17-,18+/m1/s1. The lowest BCUT2D eigenvalue weighted by Crippen LogP contribution is -2.40. The number of nitrogens with one attached hydrogen (secondary N) is 1. The molecule has 1 heterocycles. The Balaban J connectivity index is 1.24. The molecule has 0 unspecified atom stereocenters. The molecule has 4 aliphatic carbocycles. The van der Waals surface area contributed by atoms with E-state index in [0.717, 1.165) is 10.9 Å². The number of amides is 3. The summed E-state index contributed by atoms with van der Waals surface area (Å²) in [6.45, 7) is 0.134. The molecule has 1 aliphatic heterocycles. The molecule has 140 valence electrons. The van der Waals surface area contributed by atoms with Crippen LogP contribution in [0.15, 0.2) is 34.8 Å². The van der Waals surface area contributed by atoms with E-state index in [-0.39, 0.29) is 54.4 Å². The second-order valence-corrected chi connectivity index (χ2v) is 9.17. The first-order valence-corrected chi connectivity index (χ1v) is 10.4. The number of allylic oxidation sites excluding steroid dienone is 2. The van der Waals surface area contributed by atoms with E-state index in [4.69, 9.17) is 11.6 Å². The van der Waals surface area contributed by atoms with Gasteiger partial charge in [0.05, 0.1) is 16.9 Å². The quantitative estimate of drug-likeness (QED) is 0.565. The van der Waals surface area contributed by atoms with Crippen LogP contribution in [0.25, 0.3) is 0 Å². The number of hydrogen-bond donors (Lipinski definition) is 1. The maximum atomic E-state index is 12.9. The van der Waals surface area contributed by atoms with Crippen LogP contribution in [0.1, 0.15) is 12.8 Å². The normalized spacial score (nSPS) is 35.3. The fourth-order valence-electron chi connectivity index (χ4n) is 5.25. The van der Waals surface area contributed by atoms with Gasteiger partial charge in [0.2, 0.25) is 17.7 Å². The minimum absolute atomic E-state index is 0.0836. The average Bonchev–Trinajstić information content (AvgIpc) is 3.42. The van der Waals surface area contributed by atoms with Crippen molar-refractivity contribution < 1.29 is 14.4 Å². The molecule has 5 aliphatic rings. The number of anilines is 1. The summed E-state index contributed by atoms with van der Waals surface area (Å²) in [6.07, 6.45) is 5.53. The van der Waals surface area contributed by atoms with Crippen LogP contribution in [-0.2, 0) is 14.4 Å². The van der Waals surface area contributed by atoms with Gasteiger partial charge < -0.3 is 5.32 Å². The van der Waals surface area contributed by atoms with Gasteiger partial charge in [0, 0.05) is 23.1 Å². The summed E-state index contributed by atoms with van der Waals surface area (Å²) in [5.41, 5.74) is 0.586. The number of likely N-dealkylation sites (tertiary alicyclic amines) is 1. The molecule has 0 aromatic heterocycles. The van der Waals surface area contributed by atoms with Gasteiger partial charge >= 0.3 is 0 Å². The van der Waals surface area contributed by atoms with Gasteiger partial charge in [0.1, 0.15) is 0 Å². The lowest BCUT2D eigenvalue weighted by atomic mass is 9.63. The predicted octanol–water partition coefficient (Wildman–Crippen LogP) is 3.48. The zero-order valence-electron chi connectivity index (χ0n) is 14.4. The largest absolute Gasteiger partial charge is 0.326 e. The van der Waals surface area contributed by atoms with E-state index in [9.17, 15) is 14.4 Å². The Kier molecular flexibility index (Phi) is 3.99. The Morgan fingerprint density at radius 1 is 1.15 bits per heavy atom. The molecule has 2 saturated carbocycles. The van der Waals surface area contributed by atoms with Crippen molar-refractivity contribution in [3.8, 4) is 0 Å². The number of carbonyl (C=O) groups excluding carboxylic acids is 3. The number of benzene rings is 1. The number of rotatable bonds is 4. The first-order chi connectivity index (χ1) is 13.0. The lowest BCUT2D eigenvalue weighted by Gasteiger charge is -2.37. The fourth-order valence-corrected chi connectivity index (χ4v) is 5.68. The summed E-state index contributed by atoms with van der Waals surface area (Å²) >= 11 is 9.34. The second kappa shape index (κ2) is 6.17. The molecular weight excluding hydrogens is 432 g/mol. The molecule has 1 aromatic carbocycles. The number of halogens is 2. The zero-order chi connectivity index (χ0) is 18.9. The Bertz CT molecular complexity index is 865. The van der Waals surface area contributed by atoms with Crippen molar-refractivity contribution in [1.29, 1.82) is 0 Å². The number of nitrogens with zero attached hydrogens (tertiary/aromatic N) is 1. The van der Waals surface area contributed by atoms with Crippen molar-refractivity contribution in [3.05, 3.63) is 39.8 Å². The maximum absolute atomic E-state index is 12.9. The van der Waals surface area contributed by atoms with Crippen molar-refractivity contribution in [2.24, 2.45) is 35.5 Å². The molecule has 6 atom stereocenters. The van der Waals surface area contributed by atoms with E-state index >= 15 is 0 Å². The monoisotopic (exact) mass is 448 g/mol. The van der Waals surface area contributed by atoms with Gasteiger partial charge in [0.15, 0.2) is 0 Å². The van der Waals surface area contributed by atoms with Crippen molar-refractivity contribution in [3.63, 3.8) is 0 Å². The van der Waals surface area contributed by atoms with E-state index in [1.165, 1.54) is 4.90 Å². The third-order valence-corrected chi connectivity index (χ3v) is 7.75. The van der Waals surface area contributed by atoms with Crippen LogP contribution < -0.4 is 5.32 Å². The summed E-state index contributed by atoms with van der Waals surface area (Å²) < 4.78 is 0.749. The Hall–Kier alpha value is -1.66. The molecule has 3 fully saturated rings. The van der Waals surface area contributed by atoms with Gasteiger partial charge in [0.25, 0.3) is 0 Å². The number of hydrogen-bond acceptors (Lipinski definition) is 3. The van der Waals surface area contributed by atoms with E-state index in [1.807, 2.05) is 0 Å². The minimum atomic E-state index is -0.243. The van der Waals surface area contributed by atoms with Gasteiger partial charge in [-0.05, 0) is 64.2 Å². The highest BCUT2D eigenvalue weighted by Gasteiger charge is 2.66. The van der Waals surface area contributed by atoms with E-state index in [2.05, 4.69) is 33.4 Å². The van der Waals surface area contributed by atoms with Crippen molar-refractivity contribution >= 4 is 50.9 Å². The molecule has 1 aromatic rings. The SMILES string of the molecule is O=C(CCN1C(=O)[C@@H]2[C@@H]3C=C[C@H]([C@H]4C[C@H]34)[C@@H]2C1=O)Nc1ccc(Br)c(Cl)c1. The molecule has 7 heteroatoms. The average molecular weight is 450 g/mol. The van der Waals surface area contributed by atoms with Gasteiger partial charge in [-0.1, -0.05) is 23.8 Å². The first-order valence-electron chi connectivity index (χ1n) is 9.24. The Labute approximate surface area is 170 Å². The fraction of sp³-hybridized carbons (Fsp3) is 0.450. The first kappa shape index (κ1) is 17.4. The molecule has 0 radical (unpaired) electrons. The second-order valence-electron chi connectivity index (χ2n) is 7.91. The third-order valence-electron chi connectivity index (χ3n) is 6.52. The van der Waals surface area contributed by atoms with Crippen LogP contribution in [0.5, 0.6) is 0 Å². The highest BCUT2D eigenvalue weighted by atomic mass is 79.9. The lowest BCUT2D eigenvalue weighted by molar-refractivity contribution is -0.140. The molecule has 3 amide bonds. The van der Waals surface area contributed by atoms with Crippen molar-refractivity contribution in [2.75, 3.05) is 11.9 Å². The van der Waals surface area contributed by atoms with E-state index < -0.39 is 0 Å². The number of imide groups is 1. The van der Waals surface area contributed by atoms with E-state index in [1.54, 1.807) is 18.2 Å². The van der Waals surface area contributed by atoms with Crippen LogP contribution in [0.2, 0.25) is 5.02 Å². The molecule has 5 nitrogen and oxygen atoms in total. The van der Waals surface area contributed by atoms with Crippen LogP contribution in [0.4, 0.5) is 5.69 Å². The highest BCUT2D eigenvalue weighted by Crippen LogP contribution is 2.65. The van der Waals surface area contributed by atoms with Crippen LogP contribution >= 0.6 is 27.5 Å². The smallest absolute Gasteiger partial charge is 0.233 e. The molecule has 6 rings (SSSR count). The van der Waals surface area contributed by atoms with Gasteiger partial charge in [-0.25, -0.2) is 0 Å². The van der Waals surface area contributed by atoms with Crippen LogP contribution in [-0.4, -0.2) is 29.2 Å². The third kappa shape index (κ3) is 2.68. The van der Waals surface area contributed by atoms with Gasteiger partial charge in [-0.2, -0.15) is 0 Å². The molecular formula is C20H18BrClN2O3. The molecule has 0 spiro atoms. The number of carbonyl (C=O) groups is 3. The summed E-state index contributed by atoms with van der Waals surface area (Å²) in [6, 6.07) is 5.15. The summed E-state index contributed by atoms with van der Waals surface area (Å²) in [7, 11) is 0. The van der Waals surface area contributed by atoms with Crippen molar-refractivity contribution in [2.45, 2.75) is 12.8 Å². The topological polar surface area (TPSA) is 66.5 Å². The Morgan fingerprint density at radius 2 is 1.78 bits per heavy atom. The van der Waals surface area contributed by atoms with Crippen LogP contribution in [0, 0.1) is 35.5 Å². The van der Waals surface area contributed by atoms with Crippen LogP contribution in [0.3, 0.4) is 0 Å². The minimum Gasteiger partial charge on any atom is -0.326 e. The highest BCUT2D eigenvalue weighted by molar-refractivity contribution is 9.10. The summed E-state index contributed by atoms with van der Waals surface area (Å²) in [5.74, 6) is 0.771. The Morgan fingerprint density at radius 3 is 2.37 bits per heavy atom. The van der Waals surface area contributed by atoms with E-state index in [0.29, 0.717) is 22.5 Å². The predicted molar refractivity (Wildman–Crippen MR) is 104 cm³/mol. The molecule has 1 N–H and O–H groups in total. The molecule has 1 saturated heterocycles. The zero-order valence-corrected chi connectivity index (χ0v) is 16.7. The summed E-state index contributed by atoms with van der Waals surface area (Å²) in [5, 5.41) is 3.27. The van der Waals surface area contributed by atoms with Crippen molar-refractivity contribution in [1.82, 2.24) is 4.90 Å². The molecule has 27 heavy (non-hydrogen) atoms. The summed E-state index contributed by atoms with van der Waals surface area (Å²) in [4.78, 5) is 39.3. The molecule has 2 bridgehead atoms. The van der Waals surface area contributed by atoms with Gasteiger partial charge in [-0.3, -0.25) is 19.3 Å². The van der Waals surface area contributed by atoms with Gasteiger partial charge in [-0.15, -0.1) is 0 Å².